The van der Waals surface area contributed by atoms with Crippen LogP contribution in [0.15, 0.2) is 30.3 Å². The number of rotatable bonds is 7. The topological polar surface area (TPSA) is 57.7 Å². The van der Waals surface area contributed by atoms with Gasteiger partial charge in [-0.05, 0) is 31.2 Å². The Morgan fingerprint density at radius 1 is 1.04 bits per heavy atom. The van der Waals surface area contributed by atoms with E-state index in [4.69, 9.17) is 0 Å². The lowest BCUT2D eigenvalue weighted by Gasteiger charge is -2.25. The predicted octanol–water partition coefficient (Wildman–Crippen LogP) is 2.53. The molecule has 1 aromatic rings. The Labute approximate surface area is 152 Å². The number of carbonyl (C=O) groups is 1. The van der Waals surface area contributed by atoms with Crippen molar-refractivity contribution in [2.75, 3.05) is 31.9 Å². The van der Waals surface area contributed by atoms with E-state index in [1.165, 1.54) is 0 Å². The quantitative estimate of drug-likeness (QED) is 0.745. The third-order valence-electron chi connectivity index (χ3n) is 4.99. The summed E-state index contributed by atoms with van der Waals surface area (Å²) < 4.78 is 26.9. The van der Waals surface area contributed by atoms with E-state index < -0.39 is 10.0 Å². The van der Waals surface area contributed by atoms with E-state index in [-0.39, 0.29) is 17.6 Å². The Balaban J connectivity index is 1.93. The van der Waals surface area contributed by atoms with Crippen molar-refractivity contribution < 1.29 is 13.2 Å². The molecule has 1 aliphatic rings. The molecule has 1 amide bonds. The Bertz CT molecular complexity index is 642. The standard InChI is InChI=1S/C19H30N2O3S/c1-3-18(4-2)19(22)20-12-8-13-21(15-14-20)25(23,24)16-11-17-9-6-5-7-10-17/h5-7,9-10,18H,3-4,8,11-16H2,1-2H3. The van der Waals surface area contributed by atoms with Gasteiger partial charge in [0.05, 0.1) is 5.75 Å². The lowest BCUT2D eigenvalue weighted by Crippen LogP contribution is -2.40. The minimum atomic E-state index is -3.29. The summed E-state index contributed by atoms with van der Waals surface area (Å²) in [4.78, 5) is 14.4. The number of hydrogen-bond acceptors (Lipinski definition) is 3. The molecule has 0 bridgehead atoms. The summed E-state index contributed by atoms with van der Waals surface area (Å²) in [5.41, 5.74) is 1.03. The van der Waals surface area contributed by atoms with Gasteiger partial charge in [0.15, 0.2) is 0 Å². The zero-order chi connectivity index (χ0) is 18.3. The summed E-state index contributed by atoms with van der Waals surface area (Å²) in [5.74, 6) is 0.354. The summed E-state index contributed by atoms with van der Waals surface area (Å²) >= 11 is 0. The van der Waals surface area contributed by atoms with E-state index in [0.717, 1.165) is 18.4 Å². The van der Waals surface area contributed by atoms with Gasteiger partial charge in [0.1, 0.15) is 0 Å². The number of amides is 1. The van der Waals surface area contributed by atoms with Crippen LogP contribution in [0.2, 0.25) is 0 Å². The molecule has 1 aliphatic heterocycles. The molecular weight excluding hydrogens is 336 g/mol. The highest BCUT2D eigenvalue weighted by atomic mass is 32.2. The number of aryl methyl sites for hydroxylation is 1. The van der Waals surface area contributed by atoms with Crippen LogP contribution in [0.25, 0.3) is 0 Å². The van der Waals surface area contributed by atoms with Gasteiger partial charge >= 0.3 is 0 Å². The van der Waals surface area contributed by atoms with Crippen LogP contribution >= 0.6 is 0 Å². The van der Waals surface area contributed by atoms with Gasteiger partial charge in [0.2, 0.25) is 15.9 Å². The predicted molar refractivity (Wildman–Crippen MR) is 101 cm³/mol. The molecule has 0 spiro atoms. The van der Waals surface area contributed by atoms with Crippen LogP contribution < -0.4 is 0 Å². The van der Waals surface area contributed by atoms with Crippen molar-refractivity contribution in [3.63, 3.8) is 0 Å². The number of nitrogens with zero attached hydrogens (tertiary/aromatic N) is 2. The van der Waals surface area contributed by atoms with Crippen LogP contribution in [0, 0.1) is 5.92 Å². The molecule has 0 aromatic heterocycles. The van der Waals surface area contributed by atoms with Gasteiger partial charge in [0, 0.05) is 32.1 Å². The maximum absolute atomic E-state index is 12.7. The molecule has 0 atom stereocenters. The van der Waals surface area contributed by atoms with E-state index in [2.05, 4.69) is 0 Å². The monoisotopic (exact) mass is 366 g/mol. The SMILES string of the molecule is CCC(CC)C(=O)N1CCCN(S(=O)(=O)CCc2ccccc2)CC1. The average molecular weight is 367 g/mol. The van der Waals surface area contributed by atoms with Crippen molar-refractivity contribution in [1.29, 1.82) is 0 Å². The third-order valence-corrected chi connectivity index (χ3v) is 6.86. The van der Waals surface area contributed by atoms with Gasteiger partial charge in [-0.1, -0.05) is 44.2 Å². The fourth-order valence-corrected chi connectivity index (χ4v) is 4.83. The maximum Gasteiger partial charge on any atom is 0.225 e. The molecule has 0 radical (unpaired) electrons. The van der Waals surface area contributed by atoms with Crippen LogP contribution in [0.3, 0.4) is 0 Å². The van der Waals surface area contributed by atoms with E-state index in [1.807, 2.05) is 49.1 Å². The Morgan fingerprint density at radius 3 is 2.36 bits per heavy atom. The van der Waals surface area contributed by atoms with Crippen LogP contribution in [0.5, 0.6) is 0 Å². The van der Waals surface area contributed by atoms with Crippen molar-refractivity contribution >= 4 is 15.9 Å². The van der Waals surface area contributed by atoms with E-state index >= 15 is 0 Å². The van der Waals surface area contributed by atoms with Gasteiger partial charge in [-0.15, -0.1) is 0 Å². The second-order valence-corrected chi connectivity index (χ2v) is 8.73. The van der Waals surface area contributed by atoms with E-state index in [9.17, 15) is 13.2 Å². The maximum atomic E-state index is 12.7. The van der Waals surface area contributed by atoms with E-state index in [0.29, 0.717) is 39.0 Å². The van der Waals surface area contributed by atoms with Crippen molar-refractivity contribution in [2.45, 2.75) is 39.5 Å². The highest BCUT2D eigenvalue weighted by Crippen LogP contribution is 2.16. The summed E-state index contributed by atoms with van der Waals surface area (Å²) in [6.45, 7) is 6.13. The minimum Gasteiger partial charge on any atom is -0.341 e. The van der Waals surface area contributed by atoms with Crippen LogP contribution in [0.4, 0.5) is 0 Å². The molecule has 0 unspecified atom stereocenters. The molecule has 1 fully saturated rings. The van der Waals surface area contributed by atoms with Crippen molar-refractivity contribution in [3.8, 4) is 0 Å². The van der Waals surface area contributed by atoms with Gasteiger partial charge in [-0.3, -0.25) is 4.79 Å². The van der Waals surface area contributed by atoms with Crippen LogP contribution in [-0.2, 0) is 21.2 Å². The summed E-state index contributed by atoms with van der Waals surface area (Å²) in [6, 6.07) is 9.69. The second-order valence-electron chi connectivity index (χ2n) is 6.64. The van der Waals surface area contributed by atoms with Gasteiger partial charge < -0.3 is 4.90 Å². The largest absolute Gasteiger partial charge is 0.341 e. The highest BCUT2D eigenvalue weighted by molar-refractivity contribution is 7.89. The summed E-state index contributed by atoms with van der Waals surface area (Å²) in [6.07, 6.45) is 2.91. The number of sulfonamides is 1. The molecule has 1 saturated heterocycles. The van der Waals surface area contributed by atoms with Gasteiger partial charge in [0.25, 0.3) is 0 Å². The van der Waals surface area contributed by atoms with Crippen LogP contribution in [0.1, 0.15) is 38.7 Å². The van der Waals surface area contributed by atoms with Crippen molar-refractivity contribution in [1.82, 2.24) is 9.21 Å². The lowest BCUT2D eigenvalue weighted by molar-refractivity contribution is -0.135. The molecule has 0 saturated carbocycles. The first kappa shape index (κ1) is 19.9. The molecule has 2 rings (SSSR count). The van der Waals surface area contributed by atoms with E-state index in [1.54, 1.807) is 4.31 Å². The fourth-order valence-electron chi connectivity index (χ4n) is 3.31. The summed E-state index contributed by atoms with van der Waals surface area (Å²) in [5, 5.41) is 0. The first-order valence-electron chi connectivity index (χ1n) is 9.28. The highest BCUT2D eigenvalue weighted by Gasteiger charge is 2.28. The smallest absolute Gasteiger partial charge is 0.225 e. The number of carbonyl (C=O) groups excluding carboxylic acids is 1. The molecule has 0 aliphatic carbocycles. The Morgan fingerprint density at radius 2 is 1.72 bits per heavy atom. The van der Waals surface area contributed by atoms with Crippen molar-refractivity contribution in [3.05, 3.63) is 35.9 Å². The molecule has 0 N–H and O–H groups in total. The molecular formula is C19H30N2O3S. The van der Waals surface area contributed by atoms with Gasteiger partial charge in [-0.25, -0.2) is 12.7 Å². The first-order chi connectivity index (χ1) is 12.0. The molecule has 140 valence electrons. The fraction of sp³-hybridized carbons (Fsp3) is 0.632. The Kier molecular flexibility index (Phi) is 7.44. The average Bonchev–Trinajstić information content (AvgIpc) is 2.89. The normalized spacial score (nSPS) is 16.8. The first-order valence-corrected chi connectivity index (χ1v) is 10.9. The second kappa shape index (κ2) is 9.34. The zero-order valence-corrected chi connectivity index (χ0v) is 16.2. The van der Waals surface area contributed by atoms with Crippen LogP contribution in [-0.4, -0.2) is 55.5 Å². The Hall–Kier alpha value is -1.40. The number of benzene rings is 1. The number of hydrogen-bond donors (Lipinski definition) is 0. The molecule has 1 aromatic carbocycles. The zero-order valence-electron chi connectivity index (χ0n) is 15.4. The minimum absolute atomic E-state index is 0.0567. The van der Waals surface area contributed by atoms with Gasteiger partial charge in [-0.2, -0.15) is 0 Å². The molecule has 1 heterocycles. The summed E-state index contributed by atoms with van der Waals surface area (Å²) in [7, 11) is -3.29. The molecule has 6 heteroatoms. The van der Waals surface area contributed by atoms with Crippen molar-refractivity contribution in [2.24, 2.45) is 5.92 Å². The molecule has 25 heavy (non-hydrogen) atoms. The lowest BCUT2D eigenvalue weighted by atomic mass is 10.0. The third kappa shape index (κ3) is 5.54. The molecule has 5 nitrogen and oxygen atoms in total.